The summed E-state index contributed by atoms with van der Waals surface area (Å²) in [6.07, 6.45) is 1.85. The molecule has 0 saturated carbocycles. The van der Waals surface area contributed by atoms with Crippen LogP contribution in [-0.2, 0) is 4.79 Å². The van der Waals surface area contributed by atoms with Gasteiger partial charge in [-0.15, -0.1) is 0 Å². The number of amides is 1. The lowest BCUT2D eigenvalue weighted by Gasteiger charge is -2.16. The van der Waals surface area contributed by atoms with Crippen molar-refractivity contribution in [1.82, 2.24) is 14.8 Å². The first-order valence-corrected chi connectivity index (χ1v) is 8.85. The Labute approximate surface area is 162 Å². The van der Waals surface area contributed by atoms with E-state index in [0.717, 1.165) is 15.8 Å². The summed E-state index contributed by atoms with van der Waals surface area (Å²) < 4.78 is 1.08. The van der Waals surface area contributed by atoms with Crippen LogP contribution in [0.1, 0.15) is 30.5 Å². The molecule has 0 unspecified atom stereocenters. The monoisotopic (exact) mass is 373 g/mol. The Kier molecular flexibility index (Phi) is 5.61. The summed E-state index contributed by atoms with van der Waals surface area (Å²) in [6.45, 7) is 3.77. The molecule has 3 rings (SSSR count). The fourth-order valence-electron chi connectivity index (χ4n) is 2.79. The van der Waals surface area contributed by atoms with Crippen molar-refractivity contribution in [3.63, 3.8) is 0 Å². The summed E-state index contributed by atoms with van der Waals surface area (Å²) >= 11 is 0. The fourth-order valence-corrected chi connectivity index (χ4v) is 2.79. The zero-order valence-corrected chi connectivity index (χ0v) is 15.6. The van der Waals surface area contributed by atoms with E-state index in [2.05, 4.69) is 15.4 Å². The predicted molar refractivity (Wildman–Crippen MR) is 106 cm³/mol. The highest BCUT2D eigenvalue weighted by atomic mass is 16.2. The van der Waals surface area contributed by atoms with Crippen LogP contribution in [0.2, 0.25) is 0 Å². The van der Waals surface area contributed by atoms with Gasteiger partial charge in [-0.25, -0.2) is 9.48 Å². The molecule has 7 heteroatoms. The molecule has 2 aromatic carbocycles. The van der Waals surface area contributed by atoms with Crippen molar-refractivity contribution < 1.29 is 4.79 Å². The van der Waals surface area contributed by atoms with Gasteiger partial charge in [-0.1, -0.05) is 42.8 Å². The van der Waals surface area contributed by atoms with Crippen molar-refractivity contribution in [2.24, 2.45) is 0 Å². The molecule has 0 fully saturated rings. The second-order valence-electron chi connectivity index (χ2n) is 6.34. The lowest BCUT2D eigenvalue weighted by molar-refractivity contribution is -0.119. The minimum atomic E-state index is -0.808. The molecule has 3 aromatic rings. The number of rotatable bonds is 5. The van der Waals surface area contributed by atoms with Crippen molar-refractivity contribution in [2.75, 3.05) is 5.32 Å². The number of carbonyl (C=O) groups is 1. The molecule has 0 aliphatic carbocycles. The molecule has 7 nitrogen and oxygen atoms in total. The van der Waals surface area contributed by atoms with Crippen LogP contribution in [0.15, 0.2) is 59.5 Å². The van der Waals surface area contributed by atoms with Crippen LogP contribution >= 0.6 is 0 Å². The molecule has 0 radical (unpaired) electrons. The lowest BCUT2D eigenvalue weighted by Crippen LogP contribution is -2.36. The standard InChI is InChI=1S/C21H19N5O2/c1-3-19(20(27)24-17-6-4-5-15(11-17)12-22)26-21(28)25-18(13-23-26)16-9-7-14(2)8-10-16/h4-11,13,19H,3H2,1-2H3,(H,24,27)/t19-/m1/s1. The van der Waals surface area contributed by atoms with Gasteiger partial charge in [-0.2, -0.15) is 15.3 Å². The van der Waals surface area contributed by atoms with Crippen LogP contribution in [-0.4, -0.2) is 20.7 Å². The highest BCUT2D eigenvalue weighted by Gasteiger charge is 2.22. The zero-order valence-electron chi connectivity index (χ0n) is 15.6. The number of carbonyl (C=O) groups excluding carboxylic acids is 1. The van der Waals surface area contributed by atoms with E-state index < -0.39 is 17.6 Å². The van der Waals surface area contributed by atoms with Gasteiger partial charge in [0.2, 0.25) is 5.91 Å². The Balaban J connectivity index is 1.85. The number of nitrogens with one attached hydrogen (secondary N) is 1. The van der Waals surface area contributed by atoms with Crippen LogP contribution in [0.25, 0.3) is 11.3 Å². The number of nitrogens with zero attached hydrogens (tertiary/aromatic N) is 4. The van der Waals surface area contributed by atoms with Crippen molar-refractivity contribution >= 4 is 11.6 Å². The summed E-state index contributed by atoms with van der Waals surface area (Å²) in [6, 6.07) is 15.4. The van der Waals surface area contributed by atoms with Gasteiger partial charge in [0.25, 0.3) is 0 Å². The molecule has 0 bridgehead atoms. The summed E-state index contributed by atoms with van der Waals surface area (Å²) in [5, 5.41) is 15.9. The second-order valence-corrected chi connectivity index (χ2v) is 6.34. The third kappa shape index (κ3) is 4.13. The Morgan fingerprint density at radius 2 is 2.00 bits per heavy atom. The first-order chi connectivity index (χ1) is 13.5. The van der Waals surface area contributed by atoms with Crippen molar-refractivity contribution in [3.05, 3.63) is 76.3 Å². The largest absolute Gasteiger partial charge is 0.365 e. The third-order valence-electron chi connectivity index (χ3n) is 4.31. The average Bonchev–Trinajstić information content (AvgIpc) is 2.70. The summed E-state index contributed by atoms with van der Waals surface area (Å²) in [7, 11) is 0. The van der Waals surface area contributed by atoms with Crippen molar-refractivity contribution in [1.29, 1.82) is 5.26 Å². The molecule has 0 saturated heterocycles. The summed E-state index contributed by atoms with van der Waals surface area (Å²) in [5.74, 6) is -0.392. The minimum Gasteiger partial charge on any atom is -0.324 e. The highest BCUT2D eigenvalue weighted by Crippen LogP contribution is 2.17. The van der Waals surface area contributed by atoms with E-state index in [0.29, 0.717) is 23.4 Å². The molecule has 1 aromatic heterocycles. The number of nitriles is 1. The Morgan fingerprint density at radius 3 is 2.64 bits per heavy atom. The third-order valence-corrected chi connectivity index (χ3v) is 4.31. The maximum atomic E-state index is 12.7. The lowest BCUT2D eigenvalue weighted by atomic mass is 10.1. The van der Waals surface area contributed by atoms with Gasteiger partial charge in [0.05, 0.1) is 23.5 Å². The number of benzene rings is 2. The minimum absolute atomic E-state index is 0.363. The Bertz CT molecular complexity index is 1100. The molecule has 0 aliphatic rings. The molecule has 0 spiro atoms. The van der Waals surface area contributed by atoms with Crippen LogP contribution in [0.4, 0.5) is 5.69 Å². The van der Waals surface area contributed by atoms with E-state index >= 15 is 0 Å². The number of hydrogen-bond donors (Lipinski definition) is 1. The molecule has 28 heavy (non-hydrogen) atoms. The normalized spacial score (nSPS) is 11.5. The van der Waals surface area contributed by atoms with Crippen molar-refractivity contribution in [2.45, 2.75) is 26.3 Å². The quantitative estimate of drug-likeness (QED) is 0.741. The summed E-state index contributed by atoms with van der Waals surface area (Å²) in [5.41, 5.74) is 2.68. The van der Waals surface area contributed by atoms with E-state index in [-0.39, 0.29) is 0 Å². The van der Waals surface area contributed by atoms with Gasteiger partial charge >= 0.3 is 5.69 Å². The second kappa shape index (κ2) is 8.27. The number of anilines is 1. The number of hydrogen-bond acceptors (Lipinski definition) is 5. The van der Waals surface area contributed by atoms with E-state index in [4.69, 9.17) is 5.26 Å². The topological polar surface area (TPSA) is 101 Å². The van der Waals surface area contributed by atoms with Gasteiger partial charge in [-0.05, 0) is 31.5 Å². The van der Waals surface area contributed by atoms with Gasteiger partial charge in [0.15, 0.2) is 0 Å². The molecule has 1 heterocycles. The van der Waals surface area contributed by atoms with Gasteiger partial charge in [0, 0.05) is 11.3 Å². The SMILES string of the molecule is CC[C@H](C(=O)Nc1cccc(C#N)c1)n1ncc(-c2ccc(C)cc2)nc1=O. The predicted octanol–water partition coefficient (Wildman–Crippen LogP) is 3.08. The maximum absolute atomic E-state index is 12.7. The van der Waals surface area contributed by atoms with Crippen molar-refractivity contribution in [3.8, 4) is 17.3 Å². The van der Waals surface area contributed by atoms with E-state index in [1.165, 1.54) is 6.20 Å². The van der Waals surface area contributed by atoms with Crippen LogP contribution in [0.5, 0.6) is 0 Å². The molecular weight excluding hydrogens is 354 g/mol. The van der Waals surface area contributed by atoms with E-state index in [9.17, 15) is 9.59 Å². The fraction of sp³-hybridized carbons (Fsp3) is 0.190. The first-order valence-electron chi connectivity index (χ1n) is 8.85. The highest BCUT2D eigenvalue weighted by molar-refractivity contribution is 5.93. The molecule has 1 amide bonds. The van der Waals surface area contributed by atoms with Crippen LogP contribution < -0.4 is 11.0 Å². The van der Waals surface area contributed by atoms with Crippen LogP contribution in [0.3, 0.4) is 0 Å². The molecule has 1 N–H and O–H groups in total. The molecule has 0 aliphatic heterocycles. The number of aryl methyl sites for hydroxylation is 1. The van der Waals surface area contributed by atoms with Crippen LogP contribution in [0, 0.1) is 18.3 Å². The smallest absolute Gasteiger partial charge is 0.324 e. The average molecular weight is 373 g/mol. The van der Waals surface area contributed by atoms with Gasteiger partial charge in [-0.3, -0.25) is 4.79 Å². The molecule has 1 atom stereocenters. The summed E-state index contributed by atoms with van der Waals surface area (Å²) in [4.78, 5) is 29.3. The molecular formula is C21H19N5O2. The first kappa shape index (κ1) is 19.0. The molecule has 140 valence electrons. The Hall–Kier alpha value is -3.79. The van der Waals surface area contributed by atoms with E-state index in [1.54, 1.807) is 31.2 Å². The van der Waals surface area contributed by atoms with Gasteiger partial charge < -0.3 is 5.32 Å². The maximum Gasteiger partial charge on any atom is 0.365 e. The zero-order chi connectivity index (χ0) is 20.1. The van der Waals surface area contributed by atoms with Gasteiger partial charge in [0.1, 0.15) is 6.04 Å². The number of aromatic nitrogens is 3. The Morgan fingerprint density at radius 1 is 1.25 bits per heavy atom. The van der Waals surface area contributed by atoms with E-state index in [1.807, 2.05) is 37.3 Å².